The van der Waals surface area contributed by atoms with Gasteiger partial charge in [0, 0.05) is 24.3 Å². The van der Waals surface area contributed by atoms with Crippen LogP contribution in [-0.4, -0.2) is 18.3 Å². The van der Waals surface area contributed by atoms with E-state index in [1.54, 1.807) is 18.2 Å². The van der Waals surface area contributed by atoms with Crippen LogP contribution in [-0.2, 0) is 0 Å². The first-order chi connectivity index (χ1) is 11.1. The molecule has 1 aliphatic heterocycles. The van der Waals surface area contributed by atoms with Gasteiger partial charge in [0.1, 0.15) is 17.5 Å². The van der Waals surface area contributed by atoms with Gasteiger partial charge >= 0.3 is 0 Å². The van der Waals surface area contributed by atoms with Crippen LogP contribution in [0.4, 0.5) is 20.2 Å². The van der Waals surface area contributed by atoms with Crippen molar-refractivity contribution >= 4 is 34.8 Å². The predicted molar refractivity (Wildman–Crippen MR) is 89.4 cm³/mol. The first-order valence-corrected chi connectivity index (χ1v) is 7.34. The highest BCUT2D eigenvalue weighted by atomic mass is 35.5. The number of amidine groups is 1. The number of halogens is 3. The second-order valence-corrected chi connectivity index (χ2v) is 5.31. The normalized spacial score (nSPS) is 14.0. The fourth-order valence-electron chi connectivity index (χ4n) is 2.05. The molecule has 4 nitrogen and oxygen atoms in total. The first kappa shape index (κ1) is 15.4. The van der Waals surface area contributed by atoms with E-state index in [1.165, 1.54) is 24.3 Å². The molecule has 1 aliphatic rings. The standard InChI is InChI=1S/C16H13ClF2N4/c17-13-9-12(5-6-14(13)19)21-15-7-8-20-16(23-15)22-11-3-1-10(18)2-4-11/h1-6,9H,7-8H2,(H2,20,21,22,23). The van der Waals surface area contributed by atoms with E-state index < -0.39 is 5.82 Å². The summed E-state index contributed by atoms with van der Waals surface area (Å²) in [6.45, 7) is 0.560. The molecule has 0 aliphatic carbocycles. The van der Waals surface area contributed by atoms with Crippen molar-refractivity contribution in [1.29, 1.82) is 0 Å². The highest BCUT2D eigenvalue weighted by molar-refractivity contribution is 6.31. The maximum absolute atomic E-state index is 13.2. The minimum Gasteiger partial charge on any atom is -0.344 e. The third-order valence-electron chi connectivity index (χ3n) is 3.16. The van der Waals surface area contributed by atoms with Crippen molar-refractivity contribution in [3.05, 3.63) is 59.1 Å². The lowest BCUT2D eigenvalue weighted by atomic mass is 10.3. The molecule has 0 unspecified atom stereocenters. The fraction of sp³-hybridized carbons (Fsp3) is 0.125. The third-order valence-corrected chi connectivity index (χ3v) is 3.45. The minimum absolute atomic E-state index is 0.0461. The first-order valence-electron chi connectivity index (χ1n) is 6.97. The largest absolute Gasteiger partial charge is 0.344 e. The second-order valence-electron chi connectivity index (χ2n) is 4.90. The van der Waals surface area contributed by atoms with E-state index in [9.17, 15) is 8.78 Å². The molecule has 2 aromatic rings. The molecule has 0 atom stereocenters. The maximum Gasteiger partial charge on any atom is 0.224 e. The van der Waals surface area contributed by atoms with Crippen LogP contribution >= 0.6 is 11.6 Å². The number of nitrogens with one attached hydrogen (secondary N) is 2. The van der Waals surface area contributed by atoms with Gasteiger partial charge in [0.2, 0.25) is 5.96 Å². The Labute approximate surface area is 136 Å². The zero-order chi connectivity index (χ0) is 16.2. The van der Waals surface area contributed by atoms with E-state index in [2.05, 4.69) is 20.6 Å². The Morgan fingerprint density at radius 2 is 1.70 bits per heavy atom. The van der Waals surface area contributed by atoms with Crippen LogP contribution in [0.5, 0.6) is 0 Å². The van der Waals surface area contributed by atoms with Crippen LogP contribution in [0, 0.1) is 11.6 Å². The van der Waals surface area contributed by atoms with Crippen LogP contribution in [0.15, 0.2) is 52.4 Å². The van der Waals surface area contributed by atoms with Crippen molar-refractivity contribution in [3.63, 3.8) is 0 Å². The number of hydrogen-bond donors (Lipinski definition) is 2. The summed E-state index contributed by atoms with van der Waals surface area (Å²) in [5, 5.41) is 6.15. The molecule has 0 bridgehead atoms. The molecule has 0 amide bonds. The van der Waals surface area contributed by atoms with Gasteiger partial charge in [0.05, 0.1) is 5.02 Å². The summed E-state index contributed by atoms with van der Waals surface area (Å²) in [4.78, 5) is 8.63. The molecule has 0 fully saturated rings. The zero-order valence-electron chi connectivity index (χ0n) is 12.0. The van der Waals surface area contributed by atoms with Crippen molar-refractivity contribution in [2.24, 2.45) is 9.98 Å². The molecule has 0 saturated carbocycles. The van der Waals surface area contributed by atoms with Gasteiger partial charge in [-0.3, -0.25) is 4.99 Å². The van der Waals surface area contributed by atoms with E-state index in [0.29, 0.717) is 36.1 Å². The Bertz CT molecular complexity index is 772. The number of anilines is 2. The van der Waals surface area contributed by atoms with Crippen molar-refractivity contribution in [2.45, 2.75) is 6.42 Å². The molecular formula is C16H13ClF2N4. The molecule has 0 aromatic heterocycles. The average Bonchev–Trinajstić information content (AvgIpc) is 2.54. The number of hydrogen-bond acceptors (Lipinski definition) is 4. The molecule has 0 saturated heterocycles. The van der Waals surface area contributed by atoms with Crippen LogP contribution in [0.2, 0.25) is 5.02 Å². The summed E-state index contributed by atoms with van der Waals surface area (Å²) in [6.07, 6.45) is 0.629. The van der Waals surface area contributed by atoms with Gasteiger partial charge in [-0.05, 0) is 42.5 Å². The lowest BCUT2D eigenvalue weighted by Gasteiger charge is -2.15. The van der Waals surface area contributed by atoms with Gasteiger partial charge in [-0.15, -0.1) is 0 Å². The van der Waals surface area contributed by atoms with Crippen LogP contribution < -0.4 is 10.6 Å². The molecule has 0 spiro atoms. The van der Waals surface area contributed by atoms with Gasteiger partial charge in [0.25, 0.3) is 0 Å². The van der Waals surface area contributed by atoms with Crippen LogP contribution in [0.1, 0.15) is 6.42 Å². The quantitative estimate of drug-likeness (QED) is 0.860. The summed E-state index contributed by atoms with van der Waals surface area (Å²) in [5.41, 5.74) is 1.35. The average molecular weight is 335 g/mol. The van der Waals surface area contributed by atoms with Crippen LogP contribution in [0.25, 0.3) is 0 Å². The van der Waals surface area contributed by atoms with Gasteiger partial charge in [0.15, 0.2) is 0 Å². The fourth-order valence-corrected chi connectivity index (χ4v) is 2.23. The highest BCUT2D eigenvalue weighted by Gasteiger charge is 2.10. The number of aliphatic imine (C=N–C) groups is 2. The van der Waals surface area contributed by atoms with Gasteiger partial charge in [-0.2, -0.15) is 4.99 Å². The molecule has 0 radical (unpaired) electrons. The highest BCUT2D eigenvalue weighted by Crippen LogP contribution is 2.20. The van der Waals surface area contributed by atoms with Gasteiger partial charge in [-0.25, -0.2) is 8.78 Å². The Balaban J connectivity index is 1.70. The Hall–Kier alpha value is -2.47. The van der Waals surface area contributed by atoms with Gasteiger partial charge in [-0.1, -0.05) is 11.6 Å². The predicted octanol–water partition coefficient (Wildman–Crippen LogP) is 4.30. The SMILES string of the molecule is Fc1ccc(NC2=NCCC(Nc3ccc(F)c(Cl)c3)=N2)cc1. The smallest absolute Gasteiger partial charge is 0.224 e. The molecule has 23 heavy (non-hydrogen) atoms. The summed E-state index contributed by atoms with van der Waals surface area (Å²) in [7, 11) is 0. The van der Waals surface area contributed by atoms with Crippen molar-refractivity contribution in [3.8, 4) is 0 Å². The monoisotopic (exact) mass is 334 g/mol. The summed E-state index contributed by atoms with van der Waals surface area (Å²) < 4.78 is 26.1. The molecular weight excluding hydrogens is 322 g/mol. The minimum atomic E-state index is -0.469. The Morgan fingerprint density at radius 1 is 0.957 bits per heavy atom. The van der Waals surface area contributed by atoms with Crippen LogP contribution in [0.3, 0.4) is 0 Å². The van der Waals surface area contributed by atoms with E-state index >= 15 is 0 Å². The lowest BCUT2D eigenvalue weighted by Crippen LogP contribution is -2.23. The third kappa shape index (κ3) is 4.04. The van der Waals surface area contributed by atoms with Gasteiger partial charge < -0.3 is 10.6 Å². The molecule has 2 N–H and O–H groups in total. The number of guanidine groups is 1. The summed E-state index contributed by atoms with van der Waals surface area (Å²) in [6, 6.07) is 10.3. The van der Waals surface area contributed by atoms with E-state index in [-0.39, 0.29) is 10.8 Å². The molecule has 2 aromatic carbocycles. The Kier molecular flexibility index (Phi) is 4.52. The topological polar surface area (TPSA) is 48.8 Å². The number of nitrogens with zero attached hydrogens (tertiary/aromatic N) is 2. The summed E-state index contributed by atoms with van der Waals surface area (Å²) in [5.74, 6) is 0.342. The number of benzene rings is 2. The molecule has 118 valence electrons. The number of rotatable bonds is 2. The second kappa shape index (κ2) is 6.75. The van der Waals surface area contributed by atoms with E-state index in [1.807, 2.05) is 0 Å². The Morgan fingerprint density at radius 3 is 2.43 bits per heavy atom. The van der Waals surface area contributed by atoms with Crippen molar-refractivity contribution < 1.29 is 8.78 Å². The van der Waals surface area contributed by atoms with E-state index in [0.717, 1.165) is 0 Å². The summed E-state index contributed by atoms with van der Waals surface area (Å²) >= 11 is 5.76. The lowest BCUT2D eigenvalue weighted by molar-refractivity contribution is 0.628. The zero-order valence-corrected chi connectivity index (χ0v) is 12.7. The van der Waals surface area contributed by atoms with Crippen molar-refractivity contribution in [2.75, 3.05) is 17.2 Å². The van der Waals surface area contributed by atoms with E-state index in [4.69, 9.17) is 11.6 Å². The maximum atomic E-state index is 13.2. The molecule has 7 heteroatoms. The molecule has 3 rings (SSSR count). The molecule has 1 heterocycles. The van der Waals surface area contributed by atoms with Crippen molar-refractivity contribution in [1.82, 2.24) is 0 Å².